The van der Waals surface area contributed by atoms with Crippen LogP contribution in [0.25, 0.3) is 0 Å². The lowest BCUT2D eigenvalue weighted by molar-refractivity contribution is -0.254. The Morgan fingerprint density at radius 3 is 2.32 bits per heavy atom. The third kappa shape index (κ3) is 4.54. The van der Waals surface area contributed by atoms with Crippen LogP contribution in [0.3, 0.4) is 0 Å². The highest BCUT2D eigenvalue weighted by molar-refractivity contribution is 5.94. The van der Waals surface area contributed by atoms with E-state index in [1.165, 1.54) is 13.8 Å². The first kappa shape index (κ1) is 27.9. The fourth-order valence-corrected chi connectivity index (χ4v) is 6.30. The standard InChI is InChI=1S/C27H33F3N2O6/c1-6-36-24(34)19-22(27(28,29)30)38-32-21(25(35)37-7-2)18-17(13-26(19,32)5)23(33)31(20(18)15(3)4)14-16-11-9-8-10-12-16/h8-12,15,17-18,20-21H,6-7,13-14H2,1-5H3/t17-,18-,20+,21-,26?/m1/s1. The highest BCUT2D eigenvalue weighted by Gasteiger charge is 2.69. The molecule has 11 heteroatoms. The van der Waals surface area contributed by atoms with Crippen molar-refractivity contribution in [1.82, 2.24) is 9.96 Å². The summed E-state index contributed by atoms with van der Waals surface area (Å²) in [5.41, 5.74) is -1.61. The average molecular weight is 539 g/mol. The van der Waals surface area contributed by atoms with Crippen molar-refractivity contribution in [2.24, 2.45) is 17.8 Å². The Kier molecular flexibility index (Phi) is 7.53. The van der Waals surface area contributed by atoms with E-state index in [0.717, 1.165) is 10.6 Å². The summed E-state index contributed by atoms with van der Waals surface area (Å²) in [5.74, 6) is -5.52. The Morgan fingerprint density at radius 2 is 1.76 bits per heavy atom. The smallest absolute Gasteiger partial charge is 0.452 e. The molecule has 1 amide bonds. The van der Waals surface area contributed by atoms with Gasteiger partial charge in [-0.1, -0.05) is 44.2 Å². The number of allylic oxidation sites excluding steroid dienone is 1. The van der Waals surface area contributed by atoms with Gasteiger partial charge in [0.05, 0.1) is 18.8 Å². The zero-order valence-electron chi connectivity index (χ0n) is 22.1. The summed E-state index contributed by atoms with van der Waals surface area (Å²) in [5, 5.41) is 0.940. The van der Waals surface area contributed by atoms with Crippen molar-refractivity contribution in [2.45, 2.75) is 71.4 Å². The molecule has 2 fully saturated rings. The van der Waals surface area contributed by atoms with E-state index in [-0.39, 0.29) is 38.0 Å². The Labute approximate surface area is 219 Å². The molecule has 0 bridgehead atoms. The van der Waals surface area contributed by atoms with Crippen LogP contribution in [0.5, 0.6) is 0 Å². The van der Waals surface area contributed by atoms with Crippen molar-refractivity contribution >= 4 is 17.8 Å². The van der Waals surface area contributed by atoms with E-state index in [9.17, 15) is 27.6 Å². The van der Waals surface area contributed by atoms with Gasteiger partial charge in [0.2, 0.25) is 11.7 Å². The number of alkyl halides is 3. The molecule has 0 aromatic heterocycles. The molecular formula is C27H33F3N2O6. The maximum Gasteiger partial charge on any atom is 0.452 e. The van der Waals surface area contributed by atoms with Crippen LogP contribution < -0.4 is 0 Å². The molecule has 0 aliphatic carbocycles. The summed E-state index contributed by atoms with van der Waals surface area (Å²) in [6, 6.07) is 7.49. The van der Waals surface area contributed by atoms with Crippen molar-refractivity contribution in [1.29, 1.82) is 0 Å². The van der Waals surface area contributed by atoms with E-state index in [1.54, 1.807) is 11.8 Å². The summed E-state index contributed by atoms with van der Waals surface area (Å²) in [7, 11) is 0. The molecule has 38 heavy (non-hydrogen) atoms. The summed E-state index contributed by atoms with van der Waals surface area (Å²) in [6.45, 7) is 8.37. The van der Waals surface area contributed by atoms with Crippen LogP contribution in [0.2, 0.25) is 0 Å². The second kappa shape index (κ2) is 10.2. The molecule has 3 aliphatic rings. The molecular weight excluding hydrogens is 505 g/mol. The predicted octanol–water partition coefficient (Wildman–Crippen LogP) is 4.01. The van der Waals surface area contributed by atoms with Gasteiger partial charge >= 0.3 is 18.1 Å². The van der Waals surface area contributed by atoms with Crippen LogP contribution in [0.15, 0.2) is 41.7 Å². The summed E-state index contributed by atoms with van der Waals surface area (Å²) in [4.78, 5) is 47.4. The van der Waals surface area contributed by atoms with Gasteiger partial charge in [0, 0.05) is 24.4 Å². The quantitative estimate of drug-likeness (QED) is 0.485. The lowest BCUT2D eigenvalue weighted by atomic mass is 9.68. The molecule has 8 nitrogen and oxygen atoms in total. The maximum absolute atomic E-state index is 14.2. The Hall–Kier alpha value is -3.08. The highest BCUT2D eigenvalue weighted by Crippen LogP contribution is 2.56. The zero-order chi connectivity index (χ0) is 28.0. The third-order valence-electron chi connectivity index (χ3n) is 7.64. The van der Waals surface area contributed by atoms with E-state index >= 15 is 0 Å². The van der Waals surface area contributed by atoms with Gasteiger partial charge in [-0.05, 0) is 38.7 Å². The molecule has 1 aromatic rings. The number of carbonyl (C=O) groups excluding carboxylic acids is 3. The van der Waals surface area contributed by atoms with Gasteiger partial charge in [-0.15, -0.1) is 5.06 Å². The van der Waals surface area contributed by atoms with Crippen LogP contribution in [0.1, 0.15) is 46.6 Å². The number of likely N-dealkylation sites (tertiary alicyclic amines) is 1. The van der Waals surface area contributed by atoms with E-state index in [4.69, 9.17) is 14.3 Å². The summed E-state index contributed by atoms with van der Waals surface area (Å²) >= 11 is 0. The minimum absolute atomic E-state index is 0.0183. The lowest BCUT2D eigenvalue weighted by Crippen LogP contribution is -2.63. The van der Waals surface area contributed by atoms with Crippen LogP contribution in [0, 0.1) is 17.8 Å². The molecule has 2 saturated heterocycles. The average Bonchev–Trinajstić information content (AvgIpc) is 3.29. The van der Waals surface area contributed by atoms with Gasteiger partial charge in [-0.25, -0.2) is 4.79 Å². The number of rotatable bonds is 7. The maximum atomic E-state index is 14.2. The number of nitrogens with zero attached hydrogens (tertiary/aromatic N) is 2. The van der Waals surface area contributed by atoms with Crippen molar-refractivity contribution < 1.29 is 41.9 Å². The Balaban J connectivity index is 1.86. The predicted molar refractivity (Wildman–Crippen MR) is 129 cm³/mol. The van der Waals surface area contributed by atoms with Gasteiger partial charge in [0.1, 0.15) is 11.6 Å². The molecule has 1 unspecified atom stereocenters. The molecule has 5 atom stereocenters. The van der Waals surface area contributed by atoms with Gasteiger partial charge in [0.15, 0.2) is 0 Å². The first-order valence-electron chi connectivity index (χ1n) is 12.8. The van der Waals surface area contributed by atoms with Crippen LogP contribution in [-0.2, 0) is 35.2 Å². The van der Waals surface area contributed by atoms with E-state index in [1.807, 2.05) is 44.2 Å². The number of amides is 1. The highest BCUT2D eigenvalue weighted by atomic mass is 19.4. The van der Waals surface area contributed by atoms with Crippen LogP contribution >= 0.6 is 0 Å². The molecule has 1 aromatic carbocycles. The SMILES string of the molecule is CCOC(=O)C1=C(C(F)(F)F)ON2[C@@H](C(=O)OCC)[C@@H]3[C@@H](CC12C)C(=O)N(Cc1ccccc1)[C@H]3C(C)C. The molecule has 208 valence electrons. The fraction of sp³-hybridized carbons (Fsp3) is 0.593. The minimum Gasteiger partial charge on any atom is -0.465 e. The number of hydrogen-bond donors (Lipinski definition) is 0. The fourth-order valence-electron chi connectivity index (χ4n) is 6.30. The first-order valence-corrected chi connectivity index (χ1v) is 12.8. The number of hydrogen-bond acceptors (Lipinski definition) is 7. The van der Waals surface area contributed by atoms with Gasteiger partial charge in [-0.2, -0.15) is 13.2 Å². The second-order valence-electron chi connectivity index (χ2n) is 10.4. The lowest BCUT2D eigenvalue weighted by Gasteiger charge is -2.48. The number of piperidine rings is 1. The summed E-state index contributed by atoms with van der Waals surface area (Å²) in [6.07, 6.45) is -5.19. The molecule has 0 spiro atoms. The molecule has 0 saturated carbocycles. The number of hydroxylamine groups is 2. The number of ether oxygens (including phenoxy) is 2. The zero-order valence-corrected chi connectivity index (χ0v) is 22.1. The Bertz CT molecular complexity index is 1120. The van der Waals surface area contributed by atoms with Crippen molar-refractivity contribution in [3.63, 3.8) is 0 Å². The second-order valence-corrected chi connectivity index (χ2v) is 10.4. The van der Waals surface area contributed by atoms with Gasteiger partial charge in [0.25, 0.3) is 0 Å². The number of benzene rings is 1. The molecule has 0 radical (unpaired) electrons. The van der Waals surface area contributed by atoms with Gasteiger partial charge < -0.3 is 19.2 Å². The molecule has 3 heterocycles. The normalized spacial score (nSPS) is 29.3. The monoisotopic (exact) mass is 538 g/mol. The van der Waals surface area contributed by atoms with E-state index < -0.39 is 58.9 Å². The minimum atomic E-state index is -5.03. The molecule has 0 N–H and O–H groups in total. The third-order valence-corrected chi connectivity index (χ3v) is 7.64. The van der Waals surface area contributed by atoms with Gasteiger partial charge in [-0.3, -0.25) is 9.59 Å². The molecule has 3 aliphatic heterocycles. The largest absolute Gasteiger partial charge is 0.465 e. The summed E-state index contributed by atoms with van der Waals surface area (Å²) < 4.78 is 52.8. The van der Waals surface area contributed by atoms with Crippen molar-refractivity contribution in [3.8, 4) is 0 Å². The molecule has 4 rings (SSSR count). The number of esters is 2. The number of halogens is 3. The topological polar surface area (TPSA) is 85.4 Å². The van der Waals surface area contributed by atoms with Crippen molar-refractivity contribution in [2.75, 3.05) is 13.2 Å². The van der Waals surface area contributed by atoms with E-state index in [0.29, 0.717) is 0 Å². The number of carbonyl (C=O) groups is 3. The van der Waals surface area contributed by atoms with Crippen LogP contribution in [0.4, 0.5) is 13.2 Å². The number of fused-ring (bicyclic) bond motifs is 2. The first-order chi connectivity index (χ1) is 17.9. The Morgan fingerprint density at radius 1 is 1.13 bits per heavy atom. The van der Waals surface area contributed by atoms with Crippen molar-refractivity contribution in [3.05, 3.63) is 47.2 Å². The van der Waals surface area contributed by atoms with E-state index in [2.05, 4.69) is 0 Å². The van der Waals surface area contributed by atoms with Crippen LogP contribution in [-0.4, -0.2) is 64.8 Å².